The third-order valence-electron chi connectivity index (χ3n) is 4.05. The van der Waals surface area contributed by atoms with Crippen molar-refractivity contribution in [2.24, 2.45) is 0 Å². The van der Waals surface area contributed by atoms with Crippen LogP contribution in [0.2, 0.25) is 0 Å². The van der Waals surface area contributed by atoms with Crippen LogP contribution in [0.1, 0.15) is 63.8 Å². The number of hydrogen-bond donors (Lipinski definition) is 0. The molecule has 0 saturated carbocycles. The highest BCUT2D eigenvalue weighted by atomic mass is 14.2. The molecular weight excluding hydrogens is 276 g/mol. The quantitative estimate of drug-likeness (QED) is 0.548. The molecule has 120 valence electrons. The van der Waals surface area contributed by atoms with E-state index < -0.39 is 0 Å². The molecule has 0 spiro atoms. The molecule has 0 atom stereocenters. The van der Waals surface area contributed by atoms with Crippen molar-refractivity contribution >= 4 is 12.2 Å². The summed E-state index contributed by atoms with van der Waals surface area (Å²) in [5, 5.41) is 0. The SMILES string of the molecule is CC(C)(C)c1ccc(C=C=Cc2ccc(C(C)(C)C)cc2)cc1. The van der Waals surface area contributed by atoms with E-state index in [2.05, 4.69) is 95.8 Å². The standard InChI is InChI=1S/C23H28/c1-22(2,3)20-14-10-18(11-15-20)8-7-9-19-12-16-21(17-13-19)23(4,5)6/h8-17H,1-6H3. The van der Waals surface area contributed by atoms with E-state index in [9.17, 15) is 0 Å². The van der Waals surface area contributed by atoms with Crippen LogP contribution in [0.15, 0.2) is 54.3 Å². The second-order valence-corrected chi connectivity index (χ2v) is 8.20. The van der Waals surface area contributed by atoms with Gasteiger partial charge in [0.05, 0.1) is 0 Å². The molecule has 0 N–H and O–H groups in total. The van der Waals surface area contributed by atoms with Gasteiger partial charge in [-0.2, -0.15) is 0 Å². The lowest BCUT2D eigenvalue weighted by atomic mass is 9.86. The van der Waals surface area contributed by atoms with Gasteiger partial charge >= 0.3 is 0 Å². The minimum atomic E-state index is 0.201. The van der Waals surface area contributed by atoms with E-state index in [4.69, 9.17) is 0 Å². The maximum absolute atomic E-state index is 3.28. The maximum atomic E-state index is 3.28. The highest BCUT2D eigenvalue weighted by molar-refractivity contribution is 5.58. The molecule has 2 rings (SSSR count). The van der Waals surface area contributed by atoms with Crippen molar-refractivity contribution in [3.05, 3.63) is 76.5 Å². The van der Waals surface area contributed by atoms with Crippen molar-refractivity contribution in [1.82, 2.24) is 0 Å². The number of benzene rings is 2. The average molecular weight is 304 g/mol. The third kappa shape index (κ3) is 4.98. The Kier molecular flexibility index (Phi) is 4.97. The van der Waals surface area contributed by atoms with Crippen LogP contribution in [0.5, 0.6) is 0 Å². The van der Waals surface area contributed by atoms with Crippen LogP contribution >= 0.6 is 0 Å². The molecule has 0 unspecified atom stereocenters. The van der Waals surface area contributed by atoms with E-state index in [0.29, 0.717) is 0 Å². The van der Waals surface area contributed by atoms with Crippen LogP contribution in [0.4, 0.5) is 0 Å². The smallest absolute Gasteiger partial charge is 0.0127 e. The van der Waals surface area contributed by atoms with Crippen molar-refractivity contribution < 1.29 is 0 Å². The van der Waals surface area contributed by atoms with E-state index in [1.807, 2.05) is 12.2 Å². The second-order valence-electron chi connectivity index (χ2n) is 8.20. The molecule has 0 aliphatic carbocycles. The van der Waals surface area contributed by atoms with Gasteiger partial charge in [-0.15, -0.1) is 5.73 Å². The second kappa shape index (κ2) is 6.60. The molecule has 0 fully saturated rings. The van der Waals surface area contributed by atoms with Crippen molar-refractivity contribution in [1.29, 1.82) is 0 Å². The van der Waals surface area contributed by atoms with Gasteiger partial charge in [-0.3, -0.25) is 0 Å². The largest absolute Gasteiger partial charge is 0.120 e. The van der Waals surface area contributed by atoms with E-state index in [1.54, 1.807) is 0 Å². The molecule has 0 bridgehead atoms. The number of hydrogen-bond acceptors (Lipinski definition) is 0. The van der Waals surface area contributed by atoms with Gasteiger partial charge in [-0.05, 0) is 45.2 Å². The summed E-state index contributed by atoms with van der Waals surface area (Å²) >= 11 is 0. The molecule has 0 heteroatoms. The summed E-state index contributed by atoms with van der Waals surface area (Å²) in [5.74, 6) is 0. The fraction of sp³-hybridized carbons (Fsp3) is 0.348. The number of rotatable bonds is 2. The molecule has 0 saturated heterocycles. The minimum Gasteiger partial charge on any atom is -0.120 e. The molecule has 0 aliphatic rings. The Hall–Kier alpha value is -2.04. The molecular formula is C23H28. The highest BCUT2D eigenvalue weighted by Gasteiger charge is 2.13. The van der Waals surface area contributed by atoms with Gasteiger partial charge in [0.25, 0.3) is 0 Å². The fourth-order valence-electron chi connectivity index (χ4n) is 2.39. The van der Waals surface area contributed by atoms with E-state index >= 15 is 0 Å². The highest BCUT2D eigenvalue weighted by Crippen LogP contribution is 2.23. The van der Waals surface area contributed by atoms with E-state index in [0.717, 1.165) is 0 Å². The Morgan fingerprint density at radius 2 is 0.870 bits per heavy atom. The molecule has 0 radical (unpaired) electrons. The van der Waals surface area contributed by atoms with Crippen molar-refractivity contribution in [3.63, 3.8) is 0 Å². The first-order valence-electron chi connectivity index (χ1n) is 8.30. The van der Waals surface area contributed by atoms with Crippen LogP contribution in [0.25, 0.3) is 12.2 Å². The molecule has 0 amide bonds. The Labute approximate surface area is 141 Å². The normalized spacial score (nSPS) is 11.7. The Balaban J connectivity index is 2.12. The summed E-state index contributed by atoms with van der Waals surface area (Å²) in [6, 6.07) is 17.4. The zero-order valence-corrected chi connectivity index (χ0v) is 15.3. The average Bonchev–Trinajstić information content (AvgIpc) is 2.46. The van der Waals surface area contributed by atoms with Crippen LogP contribution in [-0.4, -0.2) is 0 Å². The summed E-state index contributed by atoms with van der Waals surface area (Å²) in [6.07, 6.45) is 4.06. The van der Waals surface area contributed by atoms with Gasteiger partial charge < -0.3 is 0 Å². The molecule has 0 aliphatic heterocycles. The zero-order valence-electron chi connectivity index (χ0n) is 15.3. The van der Waals surface area contributed by atoms with Gasteiger partial charge in [0.2, 0.25) is 0 Å². The lowest BCUT2D eigenvalue weighted by Crippen LogP contribution is -2.10. The van der Waals surface area contributed by atoms with Crippen LogP contribution < -0.4 is 0 Å². The van der Waals surface area contributed by atoms with Crippen molar-refractivity contribution in [3.8, 4) is 0 Å². The minimum absolute atomic E-state index is 0.201. The predicted molar refractivity (Wildman–Crippen MR) is 103 cm³/mol. The maximum Gasteiger partial charge on any atom is -0.0127 e. The van der Waals surface area contributed by atoms with Gasteiger partial charge in [-0.25, -0.2) is 0 Å². The summed E-state index contributed by atoms with van der Waals surface area (Å²) in [6.45, 7) is 13.4. The van der Waals surface area contributed by atoms with E-state index in [1.165, 1.54) is 22.3 Å². The topological polar surface area (TPSA) is 0 Å². The molecule has 2 aromatic rings. The summed E-state index contributed by atoms with van der Waals surface area (Å²) in [7, 11) is 0. The lowest BCUT2D eigenvalue weighted by Gasteiger charge is -2.18. The van der Waals surface area contributed by atoms with Gasteiger partial charge in [-0.1, -0.05) is 90.1 Å². The van der Waals surface area contributed by atoms with Crippen molar-refractivity contribution in [2.75, 3.05) is 0 Å². The predicted octanol–water partition coefficient (Wildman–Crippen LogP) is 6.61. The fourth-order valence-corrected chi connectivity index (χ4v) is 2.39. The first kappa shape index (κ1) is 17.3. The lowest BCUT2D eigenvalue weighted by molar-refractivity contribution is 0.590. The first-order chi connectivity index (χ1) is 10.7. The van der Waals surface area contributed by atoms with Gasteiger partial charge in [0.15, 0.2) is 0 Å². The van der Waals surface area contributed by atoms with Crippen molar-refractivity contribution in [2.45, 2.75) is 52.4 Å². The molecule has 2 aromatic carbocycles. The third-order valence-corrected chi connectivity index (χ3v) is 4.05. The summed E-state index contributed by atoms with van der Waals surface area (Å²) < 4.78 is 0. The Morgan fingerprint density at radius 3 is 1.13 bits per heavy atom. The molecule has 0 heterocycles. The van der Waals surface area contributed by atoms with Crippen LogP contribution in [-0.2, 0) is 10.8 Å². The van der Waals surface area contributed by atoms with Crippen LogP contribution in [0.3, 0.4) is 0 Å². The van der Waals surface area contributed by atoms with Gasteiger partial charge in [0, 0.05) is 0 Å². The molecule has 0 aromatic heterocycles. The Bertz CT molecular complexity index is 631. The summed E-state index contributed by atoms with van der Waals surface area (Å²) in [5.41, 5.74) is 8.76. The van der Waals surface area contributed by atoms with Crippen LogP contribution in [0, 0.1) is 0 Å². The summed E-state index contributed by atoms with van der Waals surface area (Å²) in [4.78, 5) is 0. The monoisotopic (exact) mass is 304 g/mol. The molecule has 0 nitrogen and oxygen atoms in total. The zero-order chi connectivity index (χ0) is 17.1. The Morgan fingerprint density at radius 1 is 0.565 bits per heavy atom. The van der Waals surface area contributed by atoms with E-state index in [-0.39, 0.29) is 10.8 Å². The van der Waals surface area contributed by atoms with Gasteiger partial charge in [0.1, 0.15) is 0 Å². The molecule has 23 heavy (non-hydrogen) atoms. The first-order valence-corrected chi connectivity index (χ1v) is 8.30.